The first-order valence-corrected chi connectivity index (χ1v) is 6.99. The predicted octanol–water partition coefficient (Wildman–Crippen LogP) is 3.62. The second kappa shape index (κ2) is 6.85. The molecule has 20 heavy (non-hydrogen) atoms. The summed E-state index contributed by atoms with van der Waals surface area (Å²) in [5, 5.41) is 0. The van der Waals surface area contributed by atoms with E-state index in [4.69, 9.17) is 0 Å². The highest BCUT2D eigenvalue weighted by molar-refractivity contribution is 5.94. The normalized spacial score (nSPS) is 10.3. The van der Waals surface area contributed by atoms with E-state index in [9.17, 15) is 4.79 Å². The first kappa shape index (κ1) is 14.3. The molecule has 1 aromatic heterocycles. The Balaban J connectivity index is 2.10. The number of benzene rings is 1. The molecule has 0 aliphatic heterocycles. The average molecular weight is 268 g/mol. The fourth-order valence-electron chi connectivity index (χ4n) is 2.03. The summed E-state index contributed by atoms with van der Waals surface area (Å²) < 4.78 is 0. The van der Waals surface area contributed by atoms with Crippen molar-refractivity contribution >= 4 is 5.91 Å². The lowest BCUT2D eigenvalue weighted by Crippen LogP contribution is -2.27. The summed E-state index contributed by atoms with van der Waals surface area (Å²) in [7, 11) is 1.85. The van der Waals surface area contributed by atoms with Gasteiger partial charge in [-0.1, -0.05) is 31.5 Å². The standard InChI is InChI=1S/C17H20N2O/c1-3-4-13-19(2)17(20)15-10-8-14(9-11-15)16-7-5-6-12-18-16/h5-12H,3-4,13H2,1-2H3. The SMILES string of the molecule is CCCCN(C)C(=O)c1ccc(-c2ccccn2)cc1. The van der Waals surface area contributed by atoms with Crippen LogP contribution in [0.3, 0.4) is 0 Å². The Hall–Kier alpha value is -2.16. The molecule has 1 heterocycles. The number of carbonyl (C=O) groups is 1. The Bertz CT molecular complexity index is 549. The minimum atomic E-state index is 0.0750. The summed E-state index contributed by atoms with van der Waals surface area (Å²) in [6.45, 7) is 2.93. The zero-order chi connectivity index (χ0) is 14.4. The van der Waals surface area contributed by atoms with Gasteiger partial charge in [-0.25, -0.2) is 0 Å². The number of amides is 1. The van der Waals surface area contributed by atoms with E-state index < -0.39 is 0 Å². The fraction of sp³-hybridized carbons (Fsp3) is 0.294. The van der Waals surface area contributed by atoms with Gasteiger partial charge in [-0.2, -0.15) is 0 Å². The maximum Gasteiger partial charge on any atom is 0.253 e. The molecular weight excluding hydrogens is 248 g/mol. The quantitative estimate of drug-likeness (QED) is 0.829. The molecule has 3 nitrogen and oxygen atoms in total. The summed E-state index contributed by atoms with van der Waals surface area (Å²) in [5.74, 6) is 0.0750. The maximum absolute atomic E-state index is 12.2. The van der Waals surface area contributed by atoms with Gasteiger partial charge in [0.15, 0.2) is 0 Å². The van der Waals surface area contributed by atoms with E-state index in [0.29, 0.717) is 0 Å². The molecule has 104 valence electrons. The van der Waals surface area contributed by atoms with Crippen LogP contribution in [0.2, 0.25) is 0 Å². The minimum absolute atomic E-state index is 0.0750. The number of aromatic nitrogens is 1. The first-order valence-electron chi connectivity index (χ1n) is 6.99. The molecule has 0 aliphatic carbocycles. The average Bonchev–Trinajstić information content (AvgIpc) is 2.53. The van der Waals surface area contributed by atoms with Gasteiger partial charge < -0.3 is 4.90 Å². The van der Waals surface area contributed by atoms with Crippen molar-refractivity contribution in [2.75, 3.05) is 13.6 Å². The van der Waals surface area contributed by atoms with Gasteiger partial charge in [0.2, 0.25) is 0 Å². The van der Waals surface area contributed by atoms with Crippen molar-refractivity contribution in [1.29, 1.82) is 0 Å². The highest BCUT2D eigenvalue weighted by atomic mass is 16.2. The van der Waals surface area contributed by atoms with Crippen LogP contribution in [0.15, 0.2) is 48.7 Å². The zero-order valence-electron chi connectivity index (χ0n) is 12.0. The van der Waals surface area contributed by atoms with E-state index >= 15 is 0 Å². The largest absolute Gasteiger partial charge is 0.342 e. The van der Waals surface area contributed by atoms with Gasteiger partial charge in [0, 0.05) is 30.9 Å². The van der Waals surface area contributed by atoms with Gasteiger partial charge >= 0.3 is 0 Å². The third-order valence-corrected chi connectivity index (χ3v) is 3.29. The Kier molecular flexibility index (Phi) is 4.88. The third kappa shape index (κ3) is 3.44. The van der Waals surface area contributed by atoms with E-state index in [0.717, 1.165) is 36.2 Å². The smallest absolute Gasteiger partial charge is 0.253 e. The van der Waals surface area contributed by atoms with Gasteiger partial charge in [-0.3, -0.25) is 9.78 Å². The summed E-state index contributed by atoms with van der Waals surface area (Å²) in [6.07, 6.45) is 3.90. The summed E-state index contributed by atoms with van der Waals surface area (Å²) in [4.78, 5) is 18.3. The summed E-state index contributed by atoms with van der Waals surface area (Å²) >= 11 is 0. The van der Waals surface area contributed by atoms with E-state index in [1.807, 2.05) is 49.5 Å². The molecule has 0 bridgehead atoms. The third-order valence-electron chi connectivity index (χ3n) is 3.29. The molecule has 1 aromatic carbocycles. The Morgan fingerprint density at radius 3 is 2.50 bits per heavy atom. The lowest BCUT2D eigenvalue weighted by atomic mass is 10.1. The van der Waals surface area contributed by atoms with Crippen molar-refractivity contribution in [2.24, 2.45) is 0 Å². The minimum Gasteiger partial charge on any atom is -0.342 e. The van der Waals surface area contributed by atoms with Crippen molar-refractivity contribution in [3.05, 3.63) is 54.2 Å². The molecule has 0 saturated heterocycles. The molecule has 1 amide bonds. The van der Waals surface area contributed by atoms with Crippen LogP contribution in [0.5, 0.6) is 0 Å². The van der Waals surface area contributed by atoms with Crippen molar-refractivity contribution in [3.8, 4) is 11.3 Å². The topological polar surface area (TPSA) is 33.2 Å². The van der Waals surface area contributed by atoms with Crippen LogP contribution >= 0.6 is 0 Å². The van der Waals surface area contributed by atoms with E-state index in [2.05, 4.69) is 11.9 Å². The van der Waals surface area contributed by atoms with Crippen molar-refractivity contribution in [1.82, 2.24) is 9.88 Å². The van der Waals surface area contributed by atoms with Crippen LogP contribution in [0, 0.1) is 0 Å². The van der Waals surface area contributed by atoms with Crippen LogP contribution < -0.4 is 0 Å². The van der Waals surface area contributed by atoms with Crippen LogP contribution in [-0.4, -0.2) is 29.4 Å². The van der Waals surface area contributed by atoms with Crippen molar-refractivity contribution < 1.29 is 4.79 Å². The van der Waals surface area contributed by atoms with E-state index in [1.165, 1.54) is 0 Å². The number of nitrogens with zero attached hydrogens (tertiary/aromatic N) is 2. The molecule has 2 aromatic rings. The van der Waals surface area contributed by atoms with Gasteiger partial charge in [0.05, 0.1) is 5.69 Å². The molecule has 0 aliphatic rings. The highest BCUT2D eigenvalue weighted by Crippen LogP contribution is 2.17. The van der Waals surface area contributed by atoms with Gasteiger partial charge in [0.25, 0.3) is 5.91 Å². The molecule has 3 heteroatoms. The molecule has 2 rings (SSSR count). The van der Waals surface area contributed by atoms with Crippen molar-refractivity contribution in [3.63, 3.8) is 0 Å². The number of carbonyl (C=O) groups excluding carboxylic acids is 1. The number of hydrogen-bond acceptors (Lipinski definition) is 2. The molecule has 0 N–H and O–H groups in total. The predicted molar refractivity (Wildman–Crippen MR) is 81.5 cm³/mol. The van der Waals surface area contributed by atoms with Gasteiger partial charge in [0.1, 0.15) is 0 Å². The molecule has 0 fully saturated rings. The molecule has 0 unspecified atom stereocenters. The van der Waals surface area contributed by atoms with E-state index in [1.54, 1.807) is 11.1 Å². The summed E-state index contributed by atoms with van der Waals surface area (Å²) in [6, 6.07) is 13.4. The number of rotatable bonds is 5. The lowest BCUT2D eigenvalue weighted by molar-refractivity contribution is 0.0793. The molecule has 0 radical (unpaired) electrons. The Morgan fingerprint density at radius 2 is 1.90 bits per heavy atom. The fourth-order valence-corrected chi connectivity index (χ4v) is 2.03. The summed E-state index contributed by atoms with van der Waals surface area (Å²) in [5.41, 5.74) is 2.67. The number of pyridine rings is 1. The second-order valence-electron chi connectivity index (χ2n) is 4.87. The Morgan fingerprint density at radius 1 is 1.15 bits per heavy atom. The van der Waals surface area contributed by atoms with E-state index in [-0.39, 0.29) is 5.91 Å². The van der Waals surface area contributed by atoms with Crippen LogP contribution in [-0.2, 0) is 0 Å². The highest BCUT2D eigenvalue weighted by Gasteiger charge is 2.11. The number of unbranched alkanes of at least 4 members (excludes halogenated alkanes) is 1. The van der Waals surface area contributed by atoms with Crippen molar-refractivity contribution in [2.45, 2.75) is 19.8 Å². The second-order valence-corrected chi connectivity index (χ2v) is 4.87. The Labute approximate surface area is 120 Å². The molecular formula is C17H20N2O. The van der Waals surface area contributed by atoms with Crippen LogP contribution in [0.1, 0.15) is 30.1 Å². The van der Waals surface area contributed by atoms with Crippen LogP contribution in [0.4, 0.5) is 0 Å². The first-order chi connectivity index (χ1) is 9.72. The lowest BCUT2D eigenvalue weighted by Gasteiger charge is -2.16. The number of hydrogen-bond donors (Lipinski definition) is 0. The molecule has 0 spiro atoms. The molecule has 0 atom stereocenters. The van der Waals surface area contributed by atoms with Gasteiger partial charge in [-0.15, -0.1) is 0 Å². The zero-order valence-corrected chi connectivity index (χ0v) is 12.0. The van der Waals surface area contributed by atoms with Gasteiger partial charge in [-0.05, 0) is 30.7 Å². The monoisotopic (exact) mass is 268 g/mol. The van der Waals surface area contributed by atoms with Crippen LogP contribution in [0.25, 0.3) is 11.3 Å². The maximum atomic E-state index is 12.2. The molecule has 0 saturated carbocycles.